The molecule has 0 aromatic heterocycles. The van der Waals surface area contributed by atoms with Gasteiger partial charge < -0.3 is 10.6 Å². The minimum Gasteiger partial charge on any atom is -0.308 e. The highest BCUT2D eigenvalue weighted by Gasteiger charge is 2.04. The molecule has 0 spiro atoms. The molecule has 0 saturated heterocycles. The molecule has 0 fully saturated rings. The maximum atomic E-state index is 12.8. The van der Waals surface area contributed by atoms with Crippen molar-refractivity contribution < 1.29 is 9.18 Å². The SMILES string of the molecule is CCc1ccc(NC(=O)Nc2ccc(F)cc2)cc1C. The van der Waals surface area contributed by atoms with Crippen molar-refractivity contribution in [1.29, 1.82) is 0 Å². The number of benzene rings is 2. The Morgan fingerprint density at radius 3 is 2.25 bits per heavy atom. The summed E-state index contributed by atoms with van der Waals surface area (Å²) in [6, 6.07) is 11.1. The third kappa shape index (κ3) is 3.57. The van der Waals surface area contributed by atoms with Crippen molar-refractivity contribution in [2.45, 2.75) is 20.3 Å². The summed E-state index contributed by atoms with van der Waals surface area (Å²) in [4.78, 5) is 11.8. The highest BCUT2D eigenvalue weighted by Crippen LogP contribution is 2.16. The van der Waals surface area contributed by atoms with E-state index in [2.05, 4.69) is 17.6 Å². The van der Waals surface area contributed by atoms with Gasteiger partial charge in [0, 0.05) is 11.4 Å². The van der Waals surface area contributed by atoms with Crippen LogP contribution in [0.15, 0.2) is 42.5 Å². The molecule has 0 aliphatic carbocycles. The summed E-state index contributed by atoms with van der Waals surface area (Å²) in [5, 5.41) is 5.40. The Hall–Kier alpha value is -2.36. The van der Waals surface area contributed by atoms with E-state index in [4.69, 9.17) is 0 Å². The van der Waals surface area contributed by atoms with E-state index in [-0.39, 0.29) is 11.8 Å². The predicted octanol–water partition coefficient (Wildman–Crippen LogP) is 4.34. The molecule has 2 aromatic carbocycles. The maximum absolute atomic E-state index is 12.8. The van der Waals surface area contributed by atoms with Gasteiger partial charge in [-0.25, -0.2) is 9.18 Å². The normalized spacial score (nSPS) is 10.2. The number of anilines is 2. The zero-order valence-corrected chi connectivity index (χ0v) is 11.5. The molecular formula is C16H17FN2O. The summed E-state index contributed by atoms with van der Waals surface area (Å²) in [5.74, 6) is -0.332. The van der Waals surface area contributed by atoms with E-state index in [1.54, 1.807) is 0 Å². The van der Waals surface area contributed by atoms with E-state index in [1.807, 2.05) is 25.1 Å². The number of carbonyl (C=O) groups excluding carboxylic acids is 1. The number of hydrogen-bond donors (Lipinski definition) is 2. The standard InChI is InChI=1S/C16H17FN2O/c1-3-12-4-7-15(10-11(12)2)19-16(20)18-14-8-5-13(17)6-9-14/h4-10H,3H2,1-2H3,(H2,18,19,20). The summed E-state index contributed by atoms with van der Waals surface area (Å²) >= 11 is 0. The van der Waals surface area contributed by atoms with Gasteiger partial charge in [0.15, 0.2) is 0 Å². The van der Waals surface area contributed by atoms with E-state index < -0.39 is 0 Å². The average Bonchev–Trinajstić information content (AvgIpc) is 2.41. The average molecular weight is 272 g/mol. The molecule has 0 aliphatic rings. The van der Waals surface area contributed by atoms with Crippen molar-refractivity contribution in [3.05, 3.63) is 59.4 Å². The third-order valence-corrected chi connectivity index (χ3v) is 3.08. The van der Waals surface area contributed by atoms with Gasteiger partial charge in [0.05, 0.1) is 0 Å². The van der Waals surface area contributed by atoms with Crippen LogP contribution in [-0.2, 0) is 6.42 Å². The first-order valence-corrected chi connectivity index (χ1v) is 6.51. The molecule has 0 radical (unpaired) electrons. The summed E-state index contributed by atoms with van der Waals surface area (Å²) in [5.41, 5.74) is 3.69. The Labute approximate surface area is 117 Å². The number of urea groups is 1. The van der Waals surface area contributed by atoms with Crippen LogP contribution in [0.25, 0.3) is 0 Å². The van der Waals surface area contributed by atoms with E-state index in [1.165, 1.54) is 29.8 Å². The number of aryl methyl sites for hydroxylation is 2. The molecule has 0 bridgehead atoms. The molecule has 2 aromatic rings. The number of carbonyl (C=O) groups is 1. The van der Waals surface area contributed by atoms with Gasteiger partial charge in [-0.2, -0.15) is 0 Å². The molecule has 104 valence electrons. The zero-order chi connectivity index (χ0) is 14.5. The Kier molecular flexibility index (Phi) is 4.35. The summed E-state index contributed by atoms with van der Waals surface area (Å²) in [6.45, 7) is 4.11. The van der Waals surface area contributed by atoms with E-state index in [0.717, 1.165) is 17.7 Å². The molecule has 20 heavy (non-hydrogen) atoms. The third-order valence-electron chi connectivity index (χ3n) is 3.08. The lowest BCUT2D eigenvalue weighted by atomic mass is 10.1. The first kappa shape index (κ1) is 14.1. The summed E-state index contributed by atoms with van der Waals surface area (Å²) in [7, 11) is 0. The lowest BCUT2D eigenvalue weighted by Crippen LogP contribution is -2.19. The van der Waals surface area contributed by atoms with Gasteiger partial charge in [-0.15, -0.1) is 0 Å². The lowest BCUT2D eigenvalue weighted by Gasteiger charge is -2.10. The molecule has 0 heterocycles. The molecule has 0 unspecified atom stereocenters. The summed E-state index contributed by atoms with van der Waals surface area (Å²) in [6.07, 6.45) is 0.966. The van der Waals surface area contributed by atoms with Crippen LogP contribution < -0.4 is 10.6 Å². The van der Waals surface area contributed by atoms with Gasteiger partial charge in [-0.05, 0) is 60.9 Å². The number of hydrogen-bond acceptors (Lipinski definition) is 1. The minimum absolute atomic E-state index is 0.332. The van der Waals surface area contributed by atoms with Crippen LogP contribution in [0.5, 0.6) is 0 Å². The van der Waals surface area contributed by atoms with E-state index in [9.17, 15) is 9.18 Å². The van der Waals surface area contributed by atoms with Gasteiger partial charge >= 0.3 is 6.03 Å². The highest BCUT2D eigenvalue weighted by atomic mass is 19.1. The van der Waals surface area contributed by atoms with Crippen LogP contribution in [0.4, 0.5) is 20.6 Å². The molecule has 2 rings (SSSR count). The molecule has 0 atom stereocenters. The number of rotatable bonds is 3. The van der Waals surface area contributed by atoms with Crippen molar-refractivity contribution in [1.82, 2.24) is 0 Å². The summed E-state index contributed by atoms with van der Waals surface area (Å²) < 4.78 is 12.8. The molecule has 0 aliphatic heterocycles. The predicted molar refractivity (Wildman–Crippen MR) is 79.6 cm³/mol. The smallest absolute Gasteiger partial charge is 0.308 e. The number of amides is 2. The fraction of sp³-hybridized carbons (Fsp3) is 0.188. The maximum Gasteiger partial charge on any atom is 0.323 e. The van der Waals surface area contributed by atoms with Crippen molar-refractivity contribution in [3.63, 3.8) is 0 Å². The van der Waals surface area contributed by atoms with Crippen molar-refractivity contribution >= 4 is 17.4 Å². The van der Waals surface area contributed by atoms with Gasteiger partial charge in [-0.3, -0.25) is 0 Å². The van der Waals surface area contributed by atoms with Gasteiger partial charge in [0.25, 0.3) is 0 Å². The topological polar surface area (TPSA) is 41.1 Å². The van der Waals surface area contributed by atoms with Gasteiger partial charge in [0.1, 0.15) is 5.82 Å². The Balaban J connectivity index is 2.01. The lowest BCUT2D eigenvalue weighted by molar-refractivity contribution is 0.262. The van der Waals surface area contributed by atoms with Crippen molar-refractivity contribution in [2.24, 2.45) is 0 Å². The molecule has 3 nitrogen and oxygen atoms in total. The van der Waals surface area contributed by atoms with Gasteiger partial charge in [-0.1, -0.05) is 13.0 Å². The highest BCUT2D eigenvalue weighted by molar-refractivity contribution is 5.99. The Morgan fingerprint density at radius 1 is 1.05 bits per heavy atom. The fourth-order valence-corrected chi connectivity index (χ4v) is 2.00. The molecule has 0 saturated carbocycles. The van der Waals surface area contributed by atoms with E-state index in [0.29, 0.717) is 5.69 Å². The van der Waals surface area contributed by atoms with Crippen LogP contribution in [0.1, 0.15) is 18.1 Å². The van der Waals surface area contributed by atoms with Crippen LogP contribution in [0.2, 0.25) is 0 Å². The molecule has 2 N–H and O–H groups in total. The van der Waals surface area contributed by atoms with E-state index >= 15 is 0 Å². The van der Waals surface area contributed by atoms with Crippen LogP contribution in [0, 0.1) is 12.7 Å². The minimum atomic E-state index is -0.347. The van der Waals surface area contributed by atoms with Crippen molar-refractivity contribution in [3.8, 4) is 0 Å². The Bertz CT molecular complexity index is 608. The van der Waals surface area contributed by atoms with Gasteiger partial charge in [0.2, 0.25) is 0 Å². The fourth-order valence-electron chi connectivity index (χ4n) is 2.00. The number of halogens is 1. The molecule has 4 heteroatoms. The van der Waals surface area contributed by atoms with Crippen molar-refractivity contribution in [2.75, 3.05) is 10.6 Å². The quantitative estimate of drug-likeness (QED) is 0.857. The first-order chi connectivity index (χ1) is 9.58. The second-order valence-corrected chi connectivity index (χ2v) is 4.58. The second-order valence-electron chi connectivity index (χ2n) is 4.58. The molecule has 2 amide bonds. The van der Waals surface area contributed by atoms with Crippen LogP contribution >= 0.6 is 0 Å². The zero-order valence-electron chi connectivity index (χ0n) is 11.5. The van der Waals surface area contributed by atoms with Crippen LogP contribution in [0.3, 0.4) is 0 Å². The first-order valence-electron chi connectivity index (χ1n) is 6.51. The monoisotopic (exact) mass is 272 g/mol. The number of nitrogens with one attached hydrogen (secondary N) is 2. The second kappa shape index (κ2) is 6.19. The Morgan fingerprint density at radius 2 is 1.65 bits per heavy atom. The molecular weight excluding hydrogens is 255 g/mol. The largest absolute Gasteiger partial charge is 0.323 e. The van der Waals surface area contributed by atoms with Crippen LogP contribution in [-0.4, -0.2) is 6.03 Å².